The van der Waals surface area contributed by atoms with E-state index in [0.717, 1.165) is 29.7 Å². The summed E-state index contributed by atoms with van der Waals surface area (Å²) >= 11 is 1.91. The van der Waals surface area contributed by atoms with Gasteiger partial charge in [0.25, 0.3) is 5.91 Å². The molecule has 2 rings (SSSR count). The Hall–Kier alpha value is -1.16. The van der Waals surface area contributed by atoms with Crippen LogP contribution in [0.3, 0.4) is 0 Å². The average molecular weight is 307 g/mol. The fourth-order valence-corrected chi connectivity index (χ4v) is 3.74. The largest absolute Gasteiger partial charge is 0.484 e. The lowest BCUT2D eigenvalue weighted by Gasteiger charge is -2.24. The van der Waals surface area contributed by atoms with Gasteiger partial charge in [0.15, 0.2) is 6.61 Å². The zero-order chi connectivity index (χ0) is 15.4. The third-order valence-corrected chi connectivity index (χ3v) is 5.28. The Morgan fingerprint density at radius 1 is 1.29 bits per heavy atom. The first-order valence-electron chi connectivity index (χ1n) is 7.49. The molecular weight excluding hydrogens is 282 g/mol. The average Bonchev–Trinajstić information content (AvgIpc) is 2.91. The minimum absolute atomic E-state index is 0.0703. The van der Waals surface area contributed by atoms with Crippen molar-refractivity contribution in [2.24, 2.45) is 0 Å². The first-order valence-corrected chi connectivity index (χ1v) is 8.78. The predicted octanol–water partition coefficient (Wildman–Crippen LogP) is 3.42. The number of ether oxygens (including phenoxy) is 1. The zero-order valence-electron chi connectivity index (χ0n) is 13.4. The molecule has 0 aromatic heterocycles. The molecule has 1 saturated carbocycles. The lowest BCUT2D eigenvalue weighted by molar-refractivity contribution is -0.134. The van der Waals surface area contributed by atoms with E-state index in [0.29, 0.717) is 11.3 Å². The molecule has 4 heteroatoms. The number of carbonyl (C=O) groups excluding carboxylic acids is 1. The molecule has 0 N–H and O–H groups in total. The van der Waals surface area contributed by atoms with Gasteiger partial charge in [-0.15, -0.1) is 0 Å². The molecule has 0 bridgehead atoms. The van der Waals surface area contributed by atoms with Gasteiger partial charge in [-0.25, -0.2) is 0 Å². The van der Waals surface area contributed by atoms with Gasteiger partial charge in [-0.05, 0) is 62.6 Å². The van der Waals surface area contributed by atoms with Gasteiger partial charge in [0.1, 0.15) is 5.75 Å². The monoisotopic (exact) mass is 307 g/mol. The lowest BCUT2D eigenvalue weighted by atomic mass is 10.1. The van der Waals surface area contributed by atoms with Crippen molar-refractivity contribution >= 4 is 17.7 Å². The fraction of sp³-hybridized carbons (Fsp3) is 0.588. The van der Waals surface area contributed by atoms with Crippen molar-refractivity contribution in [3.05, 3.63) is 29.3 Å². The van der Waals surface area contributed by atoms with Crippen LogP contribution in [0.15, 0.2) is 18.2 Å². The Kier molecular flexibility index (Phi) is 5.57. The maximum atomic E-state index is 12.3. The van der Waals surface area contributed by atoms with Crippen LogP contribution >= 0.6 is 11.8 Å². The number of rotatable bonds is 5. The van der Waals surface area contributed by atoms with E-state index in [1.165, 1.54) is 6.42 Å². The molecule has 0 unspecified atom stereocenters. The highest BCUT2D eigenvalue weighted by Gasteiger charge is 2.29. The van der Waals surface area contributed by atoms with Gasteiger partial charge in [-0.2, -0.15) is 11.8 Å². The Labute approximate surface area is 132 Å². The predicted molar refractivity (Wildman–Crippen MR) is 89.1 cm³/mol. The molecule has 1 aromatic carbocycles. The maximum Gasteiger partial charge on any atom is 0.260 e. The van der Waals surface area contributed by atoms with Gasteiger partial charge >= 0.3 is 0 Å². The number of amides is 1. The summed E-state index contributed by atoms with van der Waals surface area (Å²) in [4.78, 5) is 14.1. The minimum atomic E-state index is 0.0703. The molecule has 2 atom stereocenters. The van der Waals surface area contributed by atoms with Crippen LogP contribution in [0.5, 0.6) is 5.75 Å². The van der Waals surface area contributed by atoms with Crippen LogP contribution in [-0.4, -0.2) is 42.0 Å². The number of thioether (sulfide) groups is 1. The van der Waals surface area contributed by atoms with E-state index in [2.05, 4.69) is 12.3 Å². The molecule has 0 saturated heterocycles. The van der Waals surface area contributed by atoms with Crippen LogP contribution in [-0.2, 0) is 4.79 Å². The number of benzene rings is 1. The van der Waals surface area contributed by atoms with Crippen molar-refractivity contribution in [1.82, 2.24) is 4.90 Å². The minimum Gasteiger partial charge on any atom is -0.484 e. The molecule has 21 heavy (non-hydrogen) atoms. The second-order valence-corrected chi connectivity index (χ2v) is 7.08. The lowest BCUT2D eigenvalue weighted by Crippen LogP contribution is -2.38. The van der Waals surface area contributed by atoms with Crippen molar-refractivity contribution in [2.45, 2.75) is 44.4 Å². The van der Waals surface area contributed by atoms with Crippen LogP contribution in [0.4, 0.5) is 0 Å². The number of hydrogen-bond acceptors (Lipinski definition) is 3. The molecule has 1 amide bonds. The molecule has 1 aromatic rings. The molecule has 0 heterocycles. The van der Waals surface area contributed by atoms with E-state index in [9.17, 15) is 4.79 Å². The van der Waals surface area contributed by atoms with E-state index < -0.39 is 0 Å². The standard InChI is InChI=1S/C17H25NO2S/c1-12-7-13(2)9-15(8-12)20-11-17(19)18(3)14-5-6-16(10-14)21-4/h7-9,14,16H,5-6,10-11H2,1-4H3/t14-,16-/m1/s1. The van der Waals surface area contributed by atoms with Crippen LogP contribution in [0, 0.1) is 13.8 Å². The third-order valence-electron chi connectivity index (χ3n) is 4.19. The van der Waals surface area contributed by atoms with Gasteiger partial charge in [0.2, 0.25) is 0 Å². The highest BCUT2D eigenvalue weighted by atomic mass is 32.2. The molecule has 116 valence electrons. The van der Waals surface area contributed by atoms with Gasteiger partial charge in [-0.3, -0.25) is 4.79 Å². The Morgan fingerprint density at radius 3 is 2.52 bits per heavy atom. The first kappa shape index (κ1) is 16.2. The highest BCUT2D eigenvalue weighted by molar-refractivity contribution is 7.99. The zero-order valence-corrected chi connectivity index (χ0v) is 14.2. The SMILES string of the molecule is CS[C@@H]1CC[C@@H](N(C)C(=O)COc2cc(C)cc(C)c2)C1. The summed E-state index contributed by atoms with van der Waals surface area (Å²) in [6.07, 6.45) is 5.57. The van der Waals surface area contributed by atoms with E-state index in [1.807, 2.05) is 49.7 Å². The van der Waals surface area contributed by atoms with E-state index in [4.69, 9.17) is 4.74 Å². The van der Waals surface area contributed by atoms with Crippen LogP contribution < -0.4 is 4.74 Å². The van der Waals surface area contributed by atoms with Gasteiger partial charge in [0, 0.05) is 18.3 Å². The van der Waals surface area contributed by atoms with Crippen LogP contribution in [0.25, 0.3) is 0 Å². The summed E-state index contributed by atoms with van der Waals surface area (Å²) in [5, 5.41) is 0.700. The van der Waals surface area contributed by atoms with Crippen molar-refractivity contribution in [3.8, 4) is 5.75 Å². The fourth-order valence-electron chi connectivity index (χ4n) is 2.95. The Bertz CT molecular complexity index is 483. The van der Waals surface area contributed by atoms with E-state index >= 15 is 0 Å². The topological polar surface area (TPSA) is 29.5 Å². The molecule has 0 radical (unpaired) electrons. The normalized spacial score (nSPS) is 21.3. The maximum absolute atomic E-state index is 12.3. The second kappa shape index (κ2) is 7.21. The summed E-state index contributed by atoms with van der Waals surface area (Å²) in [6, 6.07) is 6.42. The number of aryl methyl sites for hydroxylation is 2. The second-order valence-electron chi connectivity index (χ2n) is 5.94. The molecular formula is C17H25NO2S. The van der Waals surface area contributed by atoms with Crippen LogP contribution in [0.1, 0.15) is 30.4 Å². The van der Waals surface area contributed by atoms with E-state index in [1.54, 1.807) is 0 Å². The molecule has 1 aliphatic carbocycles. The number of hydrogen-bond donors (Lipinski definition) is 0. The Balaban J connectivity index is 1.86. The molecule has 0 aliphatic heterocycles. The summed E-state index contributed by atoms with van der Waals surface area (Å²) < 4.78 is 5.67. The number of likely N-dealkylation sites (N-methyl/N-ethyl adjacent to an activating group) is 1. The van der Waals surface area contributed by atoms with Gasteiger partial charge in [0.05, 0.1) is 0 Å². The molecule has 1 fully saturated rings. The van der Waals surface area contributed by atoms with E-state index in [-0.39, 0.29) is 12.5 Å². The summed E-state index contributed by atoms with van der Waals surface area (Å²) in [5.41, 5.74) is 2.31. The quantitative estimate of drug-likeness (QED) is 0.835. The third kappa shape index (κ3) is 4.40. The van der Waals surface area contributed by atoms with Crippen LogP contribution in [0.2, 0.25) is 0 Å². The molecule has 3 nitrogen and oxygen atoms in total. The first-order chi connectivity index (χ1) is 9.99. The Morgan fingerprint density at radius 2 is 1.95 bits per heavy atom. The molecule has 0 spiro atoms. The van der Waals surface area contributed by atoms with Gasteiger partial charge < -0.3 is 9.64 Å². The summed E-state index contributed by atoms with van der Waals surface area (Å²) in [7, 11) is 1.90. The number of nitrogens with zero attached hydrogens (tertiary/aromatic N) is 1. The van der Waals surface area contributed by atoms with Crippen molar-refractivity contribution in [1.29, 1.82) is 0 Å². The smallest absolute Gasteiger partial charge is 0.260 e. The van der Waals surface area contributed by atoms with Crippen molar-refractivity contribution in [3.63, 3.8) is 0 Å². The van der Waals surface area contributed by atoms with Crippen molar-refractivity contribution < 1.29 is 9.53 Å². The van der Waals surface area contributed by atoms with Gasteiger partial charge in [-0.1, -0.05) is 6.07 Å². The summed E-state index contributed by atoms with van der Waals surface area (Å²) in [5.74, 6) is 0.851. The van der Waals surface area contributed by atoms with Crippen molar-refractivity contribution in [2.75, 3.05) is 19.9 Å². The highest BCUT2D eigenvalue weighted by Crippen LogP contribution is 2.30. The molecule has 1 aliphatic rings. The summed E-state index contributed by atoms with van der Waals surface area (Å²) in [6.45, 7) is 4.20. The number of carbonyl (C=O) groups is 1.